The van der Waals surface area contributed by atoms with Gasteiger partial charge in [-0.15, -0.1) is 0 Å². The molecule has 0 spiro atoms. The number of benzene rings is 2. The van der Waals surface area contributed by atoms with E-state index in [0.717, 1.165) is 24.2 Å². The van der Waals surface area contributed by atoms with Crippen LogP contribution in [0.1, 0.15) is 12.8 Å². The maximum atomic E-state index is 10.7. The van der Waals surface area contributed by atoms with Crippen molar-refractivity contribution in [2.24, 2.45) is 0 Å². The number of aliphatic hydroxyl groups is 1. The van der Waals surface area contributed by atoms with E-state index in [-0.39, 0.29) is 12.3 Å². The standard InChI is InChI=1S/C19H22N2O4/c22-18(13-20-11-1-2-12-20)14-25-19-9-5-16(6-10-19)15-3-7-17(8-4-15)21(23)24/h3-10,18,22H,1-2,11-14H2. The van der Waals surface area contributed by atoms with Gasteiger partial charge >= 0.3 is 0 Å². The highest BCUT2D eigenvalue weighted by Gasteiger charge is 2.16. The zero-order valence-electron chi connectivity index (χ0n) is 14.0. The molecule has 1 saturated heterocycles. The van der Waals surface area contributed by atoms with Gasteiger partial charge < -0.3 is 14.7 Å². The highest BCUT2D eigenvalue weighted by molar-refractivity contribution is 5.65. The van der Waals surface area contributed by atoms with Crippen LogP contribution in [-0.2, 0) is 0 Å². The van der Waals surface area contributed by atoms with Gasteiger partial charge in [-0.25, -0.2) is 0 Å². The summed E-state index contributed by atoms with van der Waals surface area (Å²) >= 11 is 0. The summed E-state index contributed by atoms with van der Waals surface area (Å²) in [5, 5.41) is 20.7. The minimum atomic E-state index is -0.493. The third-order valence-electron chi connectivity index (χ3n) is 4.38. The summed E-state index contributed by atoms with van der Waals surface area (Å²) in [5.41, 5.74) is 1.95. The number of non-ortho nitro benzene ring substituents is 1. The van der Waals surface area contributed by atoms with E-state index in [1.807, 2.05) is 24.3 Å². The predicted octanol–water partition coefficient (Wildman–Crippen LogP) is 3.10. The van der Waals surface area contributed by atoms with Gasteiger partial charge in [0.15, 0.2) is 0 Å². The average molecular weight is 342 g/mol. The highest BCUT2D eigenvalue weighted by Crippen LogP contribution is 2.24. The van der Waals surface area contributed by atoms with Crippen LogP contribution >= 0.6 is 0 Å². The summed E-state index contributed by atoms with van der Waals surface area (Å²) in [7, 11) is 0. The molecule has 132 valence electrons. The van der Waals surface area contributed by atoms with E-state index >= 15 is 0 Å². The Balaban J connectivity index is 1.53. The number of nitro benzene ring substituents is 1. The second-order valence-electron chi connectivity index (χ2n) is 6.30. The Morgan fingerprint density at radius 1 is 1.04 bits per heavy atom. The first-order valence-corrected chi connectivity index (χ1v) is 8.50. The fourth-order valence-electron chi connectivity index (χ4n) is 3.03. The van der Waals surface area contributed by atoms with Crippen molar-refractivity contribution < 1.29 is 14.8 Å². The van der Waals surface area contributed by atoms with E-state index < -0.39 is 11.0 Å². The van der Waals surface area contributed by atoms with Crippen LogP contribution in [0.25, 0.3) is 11.1 Å². The van der Waals surface area contributed by atoms with Gasteiger partial charge in [0.25, 0.3) is 5.69 Å². The summed E-state index contributed by atoms with van der Waals surface area (Å²) in [5.74, 6) is 0.700. The van der Waals surface area contributed by atoms with E-state index in [9.17, 15) is 15.2 Å². The van der Waals surface area contributed by atoms with Crippen molar-refractivity contribution in [1.29, 1.82) is 0 Å². The Morgan fingerprint density at radius 3 is 2.16 bits per heavy atom. The van der Waals surface area contributed by atoms with Crippen LogP contribution in [0.3, 0.4) is 0 Å². The first kappa shape index (κ1) is 17.4. The van der Waals surface area contributed by atoms with Gasteiger partial charge in [-0.2, -0.15) is 0 Å². The average Bonchev–Trinajstić information content (AvgIpc) is 3.13. The lowest BCUT2D eigenvalue weighted by Gasteiger charge is -2.19. The largest absolute Gasteiger partial charge is 0.491 e. The maximum absolute atomic E-state index is 10.7. The lowest BCUT2D eigenvalue weighted by atomic mass is 10.1. The predicted molar refractivity (Wildman–Crippen MR) is 95.7 cm³/mol. The normalized spacial score (nSPS) is 15.9. The molecule has 0 radical (unpaired) electrons. The summed E-state index contributed by atoms with van der Waals surface area (Å²) < 4.78 is 5.65. The van der Waals surface area contributed by atoms with Crippen molar-refractivity contribution >= 4 is 5.69 Å². The molecule has 6 nitrogen and oxygen atoms in total. The summed E-state index contributed by atoms with van der Waals surface area (Å²) in [4.78, 5) is 12.5. The van der Waals surface area contributed by atoms with Crippen molar-refractivity contribution in [2.75, 3.05) is 26.2 Å². The lowest BCUT2D eigenvalue weighted by molar-refractivity contribution is -0.384. The third kappa shape index (κ3) is 4.78. The molecule has 0 aromatic heterocycles. The van der Waals surface area contributed by atoms with Crippen molar-refractivity contribution in [1.82, 2.24) is 4.90 Å². The molecule has 0 aliphatic carbocycles. The second kappa shape index (κ2) is 8.09. The highest BCUT2D eigenvalue weighted by atomic mass is 16.6. The van der Waals surface area contributed by atoms with Gasteiger partial charge in [0, 0.05) is 18.7 Å². The minimum absolute atomic E-state index is 0.0793. The van der Waals surface area contributed by atoms with Crippen LogP contribution in [0.2, 0.25) is 0 Å². The van der Waals surface area contributed by atoms with Crippen LogP contribution < -0.4 is 4.74 Å². The van der Waals surface area contributed by atoms with Crippen molar-refractivity contribution in [2.45, 2.75) is 18.9 Å². The summed E-state index contributed by atoms with van der Waals surface area (Å²) in [6.45, 7) is 3.04. The molecule has 1 N–H and O–H groups in total. The molecule has 2 aromatic rings. The van der Waals surface area contributed by atoms with Crippen LogP contribution in [-0.4, -0.2) is 47.3 Å². The number of likely N-dealkylation sites (tertiary alicyclic amines) is 1. The van der Waals surface area contributed by atoms with Crippen molar-refractivity contribution in [3.05, 3.63) is 58.6 Å². The first-order chi connectivity index (χ1) is 12.1. The van der Waals surface area contributed by atoms with E-state index in [4.69, 9.17) is 4.74 Å². The lowest BCUT2D eigenvalue weighted by Crippen LogP contribution is -2.33. The fraction of sp³-hybridized carbons (Fsp3) is 0.368. The Labute approximate surface area is 146 Å². The molecule has 0 amide bonds. The zero-order chi connectivity index (χ0) is 17.6. The molecule has 1 aliphatic rings. The van der Waals surface area contributed by atoms with Gasteiger partial charge in [-0.3, -0.25) is 10.1 Å². The second-order valence-corrected chi connectivity index (χ2v) is 6.30. The molecule has 25 heavy (non-hydrogen) atoms. The van der Waals surface area contributed by atoms with Gasteiger partial charge in [-0.05, 0) is 61.3 Å². The number of β-amino-alcohol motifs (C(OH)–C–C–N with tert-alkyl or cyclic N) is 1. The SMILES string of the molecule is O=[N+]([O-])c1ccc(-c2ccc(OCC(O)CN3CCCC3)cc2)cc1. The number of rotatable bonds is 7. The van der Waals surface area contributed by atoms with Crippen molar-refractivity contribution in [3.63, 3.8) is 0 Å². The molecular formula is C19H22N2O4. The summed E-state index contributed by atoms with van der Waals surface area (Å²) in [6, 6.07) is 14.0. The Hall–Kier alpha value is -2.44. The van der Waals surface area contributed by atoms with E-state index in [1.54, 1.807) is 12.1 Å². The fourth-order valence-corrected chi connectivity index (χ4v) is 3.03. The van der Waals surface area contributed by atoms with Gasteiger partial charge in [-0.1, -0.05) is 12.1 Å². The number of nitro groups is 1. The molecule has 1 heterocycles. The monoisotopic (exact) mass is 342 g/mol. The quantitative estimate of drug-likeness (QED) is 0.618. The van der Waals surface area contributed by atoms with Crippen LogP contribution in [0.15, 0.2) is 48.5 Å². The number of hydrogen-bond acceptors (Lipinski definition) is 5. The molecule has 1 atom stereocenters. The molecule has 2 aromatic carbocycles. The Kier molecular flexibility index (Phi) is 5.63. The van der Waals surface area contributed by atoms with Gasteiger partial charge in [0.05, 0.1) is 4.92 Å². The molecule has 1 fully saturated rings. The number of aliphatic hydroxyl groups excluding tert-OH is 1. The Bertz CT molecular complexity index is 694. The van der Waals surface area contributed by atoms with Crippen LogP contribution in [0.4, 0.5) is 5.69 Å². The first-order valence-electron chi connectivity index (χ1n) is 8.50. The number of nitrogens with zero attached hydrogens (tertiary/aromatic N) is 2. The smallest absolute Gasteiger partial charge is 0.269 e. The summed E-state index contributed by atoms with van der Waals surface area (Å²) in [6.07, 6.45) is 1.92. The van der Waals surface area contributed by atoms with Gasteiger partial charge in [0.1, 0.15) is 18.5 Å². The molecule has 0 bridgehead atoms. The minimum Gasteiger partial charge on any atom is -0.491 e. The van der Waals surface area contributed by atoms with Crippen LogP contribution in [0, 0.1) is 10.1 Å². The molecule has 3 rings (SSSR count). The maximum Gasteiger partial charge on any atom is 0.269 e. The van der Waals surface area contributed by atoms with E-state index in [2.05, 4.69) is 4.90 Å². The zero-order valence-corrected chi connectivity index (χ0v) is 14.0. The van der Waals surface area contributed by atoms with Crippen LogP contribution in [0.5, 0.6) is 5.75 Å². The number of ether oxygens (including phenoxy) is 1. The van der Waals surface area contributed by atoms with Crippen molar-refractivity contribution in [3.8, 4) is 16.9 Å². The third-order valence-corrected chi connectivity index (χ3v) is 4.38. The topological polar surface area (TPSA) is 75.8 Å². The van der Waals surface area contributed by atoms with E-state index in [0.29, 0.717) is 12.3 Å². The molecule has 1 aliphatic heterocycles. The number of hydrogen-bond donors (Lipinski definition) is 1. The molecule has 1 unspecified atom stereocenters. The van der Waals surface area contributed by atoms with E-state index in [1.165, 1.54) is 25.0 Å². The van der Waals surface area contributed by atoms with Gasteiger partial charge in [0.2, 0.25) is 0 Å². The molecular weight excluding hydrogens is 320 g/mol. The Morgan fingerprint density at radius 2 is 1.60 bits per heavy atom. The molecule has 6 heteroatoms. The molecule has 0 saturated carbocycles.